The first-order chi connectivity index (χ1) is 13.7. The van der Waals surface area contributed by atoms with Crippen LogP contribution in [-0.4, -0.2) is 67.3 Å². The summed E-state index contributed by atoms with van der Waals surface area (Å²) in [7, 11) is 0. The molecule has 2 aliphatic heterocycles. The number of hydrogen-bond donors (Lipinski definition) is 2. The van der Waals surface area contributed by atoms with Crippen LogP contribution in [-0.2, 0) is 30.5 Å². The molecule has 2 aliphatic rings. The SMILES string of the molecule is CC(=O)OCC1=C(C(=O)O)N2C(=O)[C@H](NC(=O)[C@@H](C)Cn3cc(Cl)cn3)[C@@H]2SC1. The summed E-state index contributed by atoms with van der Waals surface area (Å²) in [6, 6.07) is -0.819. The molecule has 3 rings (SSSR count). The van der Waals surface area contributed by atoms with Crippen molar-refractivity contribution in [3.05, 3.63) is 28.7 Å². The normalized spacial score (nSPS) is 21.9. The van der Waals surface area contributed by atoms with Crippen LogP contribution >= 0.6 is 23.4 Å². The van der Waals surface area contributed by atoms with E-state index in [9.17, 15) is 24.3 Å². The maximum absolute atomic E-state index is 12.6. The molecule has 3 atom stereocenters. The van der Waals surface area contributed by atoms with Crippen molar-refractivity contribution in [2.24, 2.45) is 5.92 Å². The van der Waals surface area contributed by atoms with Gasteiger partial charge in [0.15, 0.2) is 0 Å². The molecule has 1 saturated heterocycles. The number of ether oxygens (including phenoxy) is 1. The van der Waals surface area contributed by atoms with E-state index in [1.54, 1.807) is 13.1 Å². The van der Waals surface area contributed by atoms with E-state index in [2.05, 4.69) is 10.4 Å². The predicted molar refractivity (Wildman–Crippen MR) is 103 cm³/mol. The number of aliphatic carboxylic acids is 1. The second kappa shape index (κ2) is 8.46. The Balaban J connectivity index is 1.66. The highest BCUT2D eigenvalue weighted by atomic mass is 35.5. The number of fused-ring (bicyclic) bond motifs is 1. The zero-order chi connectivity index (χ0) is 21.3. The first-order valence-corrected chi connectivity index (χ1v) is 10.1. The lowest BCUT2D eigenvalue weighted by molar-refractivity contribution is -0.151. The lowest BCUT2D eigenvalue weighted by Crippen LogP contribution is -2.71. The van der Waals surface area contributed by atoms with Crippen molar-refractivity contribution in [3.63, 3.8) is 0 Å². The molecule has 3 heterocycles. The average Bonchev–Trinajstić information content (AvgIpc) is 3.07. The van der Waals surface area contributed by atoms with Gasteiger partial charge in [-0.1, -0.05) is 18.5 Å². The third kappa shape index (κ3) is 4.40. The average molecular weight is 443 g/mol. The van der Waals surface area contributed by atoms with E-state index in [0.717, 1.165) is 4.90 Å². The van der Waals surface area contributed by atoms with Gasteiger partial charge in [0.2, 0.25) is 5.91 Å². The van der Waals surface area contributed by atoms with Crippen molar-refractivity contribution in [3.8, 4) is 0 Å². The molecule has 2 amide bonds. The summed E-state index contributed by atoms with van der Waals surface area (Å²) in [5, 5.41) is 16.2. The van der Waals surface area contributed by atoms with Gasteiger partial charge in [0.05, 0.1) is 23.7 Å². The van der Waals surface area contributed by atoms with Gasteiger partial charge >= 0.3 is 11.9 Å². The Hall–Kier alpha value is -2.53. The number of nitrogens with zero attached hydrogens (tertiary/aromatic N) is 3. The van der Waals surface area contributed by atoms with E-state index in [0.29, 0.717) is 10.6 Å². The molecule has 0 aromatic carbocycles. The highest BCUT2D eigenvalue weighted by molar-refractivity contribution is 8.00. The molecule has 0 spiro atoms. The van der Waals surface area contributed by atoms with Gasteiger partial charge in [-0.15, -0.1) is 11.8 Å². The van der Waals surface area contributed by atoms with Crippen molar-refractivity contribution < 1.29 is 29.0 Å². The van der Waals surface area contributed by atoms with E-state index in [4.69, 9.17) is 16.3 Å². The highest BCUT2D eigenvalue weighted by Gasteiger charge is 2.54. The molecule has 0 unspecified atom stereocenters. The summed E-state index contributed by atoms with van der Waals surface area (Å²) in [5.41, 5.74) is 0.153. The standard InChI is InChI=1S/C17H19ClN4O6S/c1-8(4-21-5-11(18)3-19-21)14(24)20-12-15(25)22-13(17(26)27)10(6-28-9(2)23)7-29-16(12)22/h3,5,8,12,16H,4,6-7H2,1-2H3,(H,20,24)(H,26,27)/t8-,12-,16-/m0/s1. The number of rotatable bonds is 7. The molecule has 1 aromatic heterocycles. The van der Waals surface area contributed by atoms with Gasteiger partial charge in [0, 0.05) is 24.4 Å². The van der Waals surface area contributed by atoms with Crippen LogP contribution in [0.25, 0.3) is 0 Å². The Morgan fingerprint density at radius 2 is 2.21 bits per heavy atom. The van der Waals surface area contributed by atoms with Crippen molar-refractivity contribution in [1.82, 2.24) is 20.0 Å². The number of carboxylic acids is 1. The molecule has 1 fully saturated rings. The van der Waals surface area contributed by atoms with Crippen LogP contribution in [0, 0.1) is 5.92 Å². The molecule has 12 heteroatoms. The number of thioether (sulfide) groups is 1. The number of nitrogens with one attached hydrogen (secondary N) is 1. The Labute approximate surface area is 175 Å². The first-order valence-electron chi connectivity index (χ1n) is 8.70. The van der Waals surface area contributed by atoms with Crippen LogP contribution in [0.3, 0.4) is 0 Å². The second-order valence-corrected chi connectivity index (χ2v) is 8.26. The van der Waals surface area contributed by atoms with Crippen molar-refractivity contribution in [1.29, 1.82) is 0 Å². The van der Waals surface area contributed by atoms with E-state index in [1.807, 2.05) is 0 Å². The van der Waals surface area contributed by atoms with E-state index < -0.39 is 35.2 Å². The molecule has 29 heavy (non-hydrogen) atoms. The molecule has 1 aromatic rings. The molecule has 2 N–H and O–H groups in total. The second-order valence-electron chi connectivity index (χ2n) is 6.72. The lowest BCUT2D eigenvalue weighted by atomic mass is 10.0. The van der Waals surface area contributed by atoms with E-state index >= 15 is 0 Å². The fourth-order valence-electron chi connectivity index (χ4n) is 3.08. The number of carbonyl (C=O) groups excluding carboxylic acids is 3. The maximum Gasteiger partial charge on any atom is 0.352 e. The van der Waals surface area contributed by atoms with Crippen molar-refractivity contribution >= 4 is 47.1 Å². The van der Waals surface area contributed by atoms with Gasteiger partial charge in [-0.25, -0.2) is 4.79 Å². The maximum atomic E-state index is 12.6. The van der Waals surface area contributed by atoms with Gasteiger partial charge in [-0.05, 0) is 0 Å². The van der Waals surface area contributed by atoms with Gasteiger partial charge < -0.3 is 15.2 Å². The fourth-order valence-corrected chi connectivity index (χ4v) is 4.56. The van der Waals surface area contributed by atoms with E-state index in [-0.39, 0.29) is 30.5 Å². The number of esters is 1. The van der Waals surface area contributed by atoms with Gasteiger partial charge in [0.1, 0.15) is 23.7 Å². The molecule has 0 saturated carbocycles. The molecule has 0 aliphatic carbocycles. The van der Waals surface area contributed by atoms with E-state index in [1.165, 1.54) is 29.6 Å². The highest BCUT2D eigenvalue weighted by Crippen LogP contribution is 2.40. The van der Waals surface area contributed by atoms with Crippen molar-refractivity contribution in [2.45, 2.75) is 31.8 Å². The summed E-state index contributed by atoms with van der Waals surface area (Å²) in [6.07, 6.45) is 3.05. The molecular formula is C17H19ClN4O6S. The minimum absolute atomic E-state index is 0.190. The monoisotopic (exact) mass is 442 g/mol. The van der Waals surface area contributed by atoms with Crippen LogP contribution in [0.5, 0.6) is 0 Å². The summed E-state index contributed by atoms with van der Waals surface area (Å²) in [4.78, 5) is 48.9. The molecule has 0 radical (unpaired) electrons. The number of carbonyl (C=O) groups is 4. The van der Waals surface area contributed by atoms with Gasteiger partial charge in [0.25, 0.3) is 5.91 Å². The minimum Gasteiger partial charge on any atom is -0.477 e. The van der Waals surface area contributed by atoms with Crippen LogP contribution in [0.15, 0.2) is 23.7 Å². The molecular weight excluding hydrogens is 424 g/mol. The van der Waals surface area contributed by atoms with Crippen molar-refractivity contribution in [2.75, 3.05) is 12.4 Å². The number of carboxylic acid groups (broad SMARTS) is 1. The largest absolute Gasteiger partial charge is 0.477 e. The van der Waals surface area contributed by atoms with Crippen LogP contribution in [0.2, 0.25) is 5.02 Å². The lowest BCUT2D eigenvalue weighted by Gasteiger charge is -2.49. The molecule has 10 nitrogen and oxygen atoms in total. The fraction of sp³-hybridized carbons (Fsp3) is 0.471. The minimum atomic E-state index is -1.28. The zero-order valence-electron chi connectivity index (χ0n) is 15.6. The quantitative estimate of drug-likeness (QED) is 0.460. The summed E-state index contributed by atoms with van der Waals surface area (Å²) >= 11 is 7.12. The van der Waals surface area contributed by atoms with Gasteiger partial charge in [-0.2, -0.15) is 5.10 Å². The Bertz CT molecular complexity index is 900. The van der Waals surface area contributed by atoms with Crippen LogP contribution in [0.1, 0.15) is 13.8 Å². The third-order valence-electron chi connectivity index (χ3n) is 4.51. The Morgan fingerprint density at radius 1 is 1.48 bits per heavy atom. The zero-order valence-corrected chi connectivity index (χ0v) is 17.2. The Kier molecular flexibility index (Phi) is 6.18. The van der Waals surface area contributed by atoms with Crippen LogP contribution in [0.4, 0.5) is 0 Å². The summed E-state index contributed by atoms with van der Waals surface area (Å²) in [5.74, 6) is -2.88. The van der Waals surface area contributed by atoms with Gasteiger partial charge in [-0.3, -0.25) is 24.0 Å². The number of hydrogen-bond acceptors (Lipinski definition) is 7. The summed E-state index contributed by atoms with van der Waals surface area (Å²) < 4.78 is 6.42. The number of amides is 2. The number of β-lactam (4-membered cyclic amide) rings is 1. The third-order valence-corrected chi connectivity index (χ3v) is 6.04. The van der Waals surface area contributed by atoms with Crippen LogP contribution < -0.4 is 5.32 Å². The number of halogens is 1. The molecule has 156 valence electrons. The Morgan fingerprint density at radius 3 is 2.79 bits per heavy atom. The smallest absolute Gasteiger partial charge is 0.352 e. The summed E-state index contributed by atoms with van der Waals surface area (Å²) in [6.45, 7) is 3.01. The first kappa shape index (κ1) is 21.2. The predicted octanol–water partition coefficient (Wildman–Crippen LogP) is 0.474. The molecule has 0 bridgehead atoms. The number of aromatic nitrogens is 2. The topological polar surface area (TPSA) is 131 Å².